The highest BCUT2D eigenvalue weighted by Crippen LogP contribution is 2.25. The van der Waals surface area contributed by atoms with E-state index in [1.165, 1.54) is 30.5 Å². The van der Waals surface area contributed by atoms with Crippen LogP contribution in [0.25, 0.3) is 6.08 Å². The molecule has 0 spiro atoms. The molecular formula is C22H17ClFNO3. The number of aromatic nitrogens is 1. The lowest BCUT2D eigenvalue weighted by molar-refractivity contribution is 0.104. The smallest absolute Gasteiger partial charge is 0.187 e. The van der Waals surface area contributed by atoms with Gasteiger partial charge in [-0.3, -0.25) is 9.78 Å². The third-order valence-corrected chi connectivity index (χ3v) is 4.25. The molecular weight excluding hydrogens is 381 g/mol. The highest BCUT2D eigenvalue weighted by Gasteiger charge is 2.07. The Morgan fingerprint density at radius 1 is 1.21 bits per heavy atom. The fraction of sp³-hybridized carbons (Fsp3) is 0.0909. The number of halogens is 2. The number of ether oxygens (including phenoxy) is 2. The topological polar surface area (TPSA) is 48.4 Å². The van der Waals surface area contributed by atoms with Crippen molar-refractivity contribution in [1.29, 1.82) is 0 Å². The molecule has 3 rings (SSSR count). The molecule has 0 fully saturated rings. The molecule has 3 aromatic rings. The minimum Gasteiger partial charge on any atom is -0.496 e. The SMILES string of the molecule is COc1ccc(/C=C/C(=O)c2cccnc2)cc1COc1ccc(F)c(Cl)c1. The van der Waals surface area contributed by atoms with Crippen molar-refractivity contribution in [2.75, 3.05) is 7.11 Å². The van der Waals surface area contributed by atoms with Crippen LogP contribution >= 0.6 is 11.6 Å². The Morgan fingerprint density at radius 3 is 2.79 bits per heavy atom. The van der Waals surface area contributed by atoms with E-state index in [0.29, 0.717) is 17.1 Å². The third kappa shape index (κ3) is 4.96. The van der Waals surface area contributed by atoms with Gasteiger partial charge < -0.3 is 9.47 Å². The Morgan fingerprint density at radius 2 is 2.07 bits per heavy atom. The zero-order valence-corrected chi connectivity index (χ0v) is 15.8. The van der Waals surface area contributed by atoms with Crippen molar-refractivity contribution in [1.82, 2.24) is 4.98 Å². The van der Waals surface area contributed by atoms with E-state index in [9.17, 15) is 9.18 Å². The number of nitrogens with zero attached hydrogens (tertiary/aromatic N) is 1. The normalized spacial score (nSPS) is 10.8. The Kier molecular flexibility index (Phi) is 6.40. The van der Waals surface area contributed by atoms with Gasteiger partial charge in [0.25, 0.3) is 0 Å². The van der Waals surface area contributed by atoms with Crippen molar-refractivity contribution in [3.8, 4) is 11.5 Å². The third-order valence-electron chi connectivity index (χ3n) is 3.96. The molecule has 0 saturated carbocycles. The lowest BCUT2D eigenvalue weighted by Gasteiger charge is -2.11. The number of ketones is 1. The molecule has 142 valence electrons. The quantitative estimate of drug-likeness (QED) is 0.398. The fourth-order valence-corrected chi connectivity index (χ4v) is 2.69. The van der Waals surface area contributed by atoms with Crippen molar-refractivity contribution in [3.63, 3.8) is 0 Å². The summed E-state index contributed by atoms with van der Waals surface area (Å²) in [5.41, 5.74) is 2.11. The second-order valence-electron chi connectivity index (χ2n) is 5.88. The summed E-state index contributed by atoms with van der Waals surface area (Å²) in [6.45, 7) is 0.198. The van der Waals surface area contributed by atoms with Crippen LogP contribution in [0.2, 0.25) is 5.02 Å². The summed E-state index contributed by atoms with van der Waals surface area (Å²) in [4.78, 5) is 16.1. The summed E-state index contributed by atoms with van der Waals surface area (Å²) in [5, 5.41) is -0.00457. The molecule has 0 bridgehead atoms. The van der Waals surface area contributed by atoms with Gasteiger partial charge in [-0.1, -0.05) is 23.7 Å². The van der Waals surface area contributed by atoms with Crippen LogP contribution in [0.4, 0.5) is 4.39 Å². The molecule has 28 heavy (non-hydrogen) atoms. The van der Waals surface area contributed by atoms with E-state index in [0.717, 1.165) is 11.1 Å². The lowest BCUT2D eigenvalue weighted by Crippen LogP contribution is -2.00. The first-order chi connectivity index (χ1) is 13.6. The van der Waals surface area contributed by atoms with Gasteiger partial charge in [-0.2, -0.15) is 0 Å². The predicted octanol–water partition coefficient (Wildman–Crippen LogP) is 5.36. The minimum atomic E-state index is -0.503. The predicted molar refractivity (Wildman–Crippen MR) is 106 cm³/mol. The molecule has 4 nitrogen and oxygen atoms in total. The molecule has 0 saturated heterocycles. The largest absolute Gasteiger partial charge is 0.496 e. The lowest BCUT2D eigenvalue weighted by atomic mass is 10.1. The number of carbonyl (C=O) groups excluding carboxylic acids is 1. The van der Waals surface area contributed by atoms with Gasteiger partial charge in [-0.05, 0) is 48.0 Å². The standard InChI is InChI=1S/C22H17ClFNO3/c1-27-22-9-5-15(4-8-21(26)16-3-2-10-25-13-16)11-17(22)14-28-18-6-7-20(24)19(23)12-18/h2-13H,14H2,1H3/b8-4+. The van der Waals surface area contributed by atoms with E-state index in [2.05, 4.69) is 4.98 Å². The summed E-state index contributed by atoms with van der Waals surface area (Å²) in [7, 11) is 1.56. The van der Waals surface area contributed by atoms with Crippen LogP contribution in [-0.2, 0) is 6.61 Å². The number of hydrogen-bond donors (Lipinski definition) is 0. The zero-order chi connectivity index (χ0) is 19.9. The maximum absolute atomic E-state index is 13.3. The average molecular weight is 398 g/mol. The highest BCUT2D eigenvalue weighted by atomic mass is 35.5. The van der Waals surface area contributed by atoms with Crippen LogP contribution in [0.1, 0.15) is 21.5 Å². The van der Waals surface area contributed by atoms with E-state index in [4.69, 9.17) is 21.1 Å². The molecule has 0 aliphatic carbocycles. The Bertz CT molecular complexity index is 1010. The summed E-state index contributed by atoms with van der Waals surface area (Å²) < 4.78 is 24.3. The van der Waals surface area contributed by atoms with Crippen LogP contribution in [-0.4, -0.2) is 17.9 Å². The zero-order valence-electron chi connectivity index (χ0n) is 15.1. The van der Waals surface area contributed by atoms with Crippen molar-refractivity contribution < 1.29 is 18.7 Å². The summed E-state index contributed by atoms with van der Waals surface area (Å²) in [6.07, 6.45) is 6.34. The highest BCUT2D eigenvalue weighted by molar-refractivity contribution is 6.30. The number of hydrogen-bond acceptors (Lipinski definition) is 4. The molecule has 0 amide bonds. The van der Waals surface area contributed by atoms with Crippen LogP contribution in [0.5, 0.6) is 11.5 Å². The molecule has 0 N–H and O–H groups in total. The molecule has 0 aliphatic rings. The molecule has 0 unspecified atom stereocenters. The molecule has 1 aromatic heterocycles. The fourth-order valence-electron chi connectivity index (χ4n) is 2.52. The number of carbonyl (C=O) groups is 1. The summed E-state index contributed by atoms with van der Waals surface area (Å²) in [6, 6.07) is 13.1. The van der Waals surface area contributed by atoms with Crippen LogP contribution < -0.4 is 9.47 Å². The van der Waals surface area contributed by atoms with Crippen molar-refractivity contribution in [2.45, 2.75) is 6.61 Å². The Balaban J connectivity index is 1.75. The van der Waals surface area contributed by atoms with Gasteiger partial charge in [-0.15, -0.1) is 0 Å². The van der Waals surface area contributed by atoms with Crippen molar-refractivity contribution in [2.24, 2.45) is 0 Å². The van der Waals surface area contributed by atoms with Crippen LogP contribution in [0, 0.1) is 5.82 Å². The molecule has 0 radical (unpaired) electrons. The van der Waals surface area contributed by atoms with E-state index >= 15 is 0 Å². The number of allylic oxidation sites excluding steroid dienone is 1. The number of methoxy groups -OCH3 is 1. The van der Waals surface area contributed by atoms with Gasteiger partial charge in [0.1, 0.15) is 23.9 Å². The Labute approximate surface area is 167 Å². The molecule has 1 heterocycles. The van der Waals surface area contributed by atoms with Gasteiger partial charge in [0.15, 0.2) is 5.78 Å². The monoisotopic (exact) mass is 397 g/mol. The first-order valence-corrected chi connectivity index (χ1v) is 8.82. The number of rotatable bonds is 7. The van der Waals surface area contributed by atoms with Gasteiger partial charge >= 0.3 is 0 Å². The second-order valence-corrected chi connectivity index (χ2v) is 6.28. The molecule has 0 aliphatic heterocycles. The van der Waals surface area contributed by atoms with Crippen molar-refractivity contribution in [3.05, 3.63) is 94.5 Å². The second kappa shape index (κ2) is 9.15. The maximum atomic E-state index is 13.3. The minimum absolute atomic E-state index is 0.00457. The average Bonchev–Trinajstić information content (AvgIpc) is 2.73. The van der Waals surface area contributed by atoms with Crippen LogP contribution in [0.3, 0.4) is 0 Å². The molecule has 2 aromatic carbocycles. The first-order valence-electron chi connectivity index (χ1n) is 8.44. The van der Waals surface area contributed by atoms with E-state index in [1.807, 2.05) is 12.1 Å². The molecule has 6 heteroatoms. The maximum Gasteiger partial charge on any atom is 0.187 e. The van der Waals surface area contributed by atoms with Gasteiger partial charge in [-0.25, -0.2) is 4.39 Å². The van der Waals surface area contributed by atoms with Crippen LogP contribution in [0.15, 0.2) is 67.0 Å². The summed E-state index contributed by atoms with van der Waals surface area (Å²) >= 11 is 5.78. The van der Waals surface area contributed by atoms with E-state index in [1.54, 1.807) is 37.6 Å². The number of pyridine rings is 1. The number of benzene rings is 2. The van der Waals surface area contributed by atoms with Gasteiger partial charge in [0.05, 0.1) is 12.1 Å². The summed E-state index contributed by atoms with van der Waals surface area (Å²) in [5.74, 6) is 0.449. The molecule has 0 atom stereocenters. The van der Waals surface area contributed by atoms with Gasteiger partial charge in [0, 0.05) is 29.6 Å². The Hall–Kier alpha value is -3.18. The van der Waals surface area contributed by atoms with E-state index in [-0.39, 0.29) is 17.4 Å². The van der Waals surface area contributed by atoms with E-state index < -0.39 is 5.82 Å². The first kappa shape index (κ1) is 19.6. The van der Waals surface area contributed by atoms with Crippen molar-refractivity contribution >= 4 is 23.5 Å². The van der Waals surface area contributed by atoms with Gasteiger partial charge in [0.2, 0.25) is 0 Å².